The van der Waals surface area contributed by atoms with Crippen LogP contribution in [0, 0.1) is 0 Å². The maximum Gasteiger partial charge on any atom is 0.262 e. The molecule has 0 bridgehead atoms. The van der Waals surface area contributed by atoms with Gasteiger partial charge in [-0.05, 0) is 25.5 Å². The minimum absolute atomic E-state index is 0.0435. The Morgan fingerprint density at radius 2 is 1.95 bits per heavy atom. The standard InChI is InChI=1S/C11H12Cl3NO3S/c1-3-6(2)15-11(16)7-4-8(12)10(13)9(5-7)19(14,17)18/h4-6H,3H2,1-2H3,(H,15,16). The lowest BCUT2D eigenvalue weighted by molar-refractivity contribution is 0.0939. The highest BCUT2D eigenvalue weighted by Crippen LogP contribution is 2.32. The molecule has 1 atom stereocenters. The van der Waals surface area contributed by atoms with E-state index in [1.54, 1.807) is 0 Å². The molecule has 1 unspecified atom stereocenters. The van der Waals surface area contributed by atoms with E-state index in [0.29, 0.717) is 0 Å². The molecule has 0 spiro atoms. The van der Waals surface area contributed by atoms with Gasteiger partial charge in [0.1, 0.15) is 4.90 Å². The van der Waals surface area contributed by atoms with Crippen LogP contribution in [0.3, 0.4) is 0 Å². The summed E-state index contributed by atoms with van der Waals surface area (Å²) in [5.41, 5.74) is 0.0916. The van der Waals surface area contributed by atoms with Crippen LogP contribution < -0.4 is 5.32 Å². The van der Waals surface area contributed by atoms with Crippen LogP contribution in [-0.2, 0) is 9.05 Å². The number of rotatable bonds is 4. The molecule has 0 heterocycles. The van der Waals surface area contributed by atoms with Crippen molar-refractivity contribution in [1.29, 1.82) is 0 Å². The van der Waals surface area contributed by atoms with Gasteiger partial charge in [0.15, 0.2) is 0 Å². The number of benzene rings is 1. The predicted molar refractivity (Wildman–Crippen MR) is 76.7 cm³/mol. The quantitative estimate of drug-likeness (QED) is 0.851. The SMILES string of the molecule is CCC(C)NC(=O)c1cc(Cl)c(Cl)c(S(=O)(=O)Cl)c1. The van der Waals surface area contributed by atoms with Gasteiger partial charge < -0.3 is 5.32 Å². The van der Waals surface area contributed by atoms with Crippen LogP contribution in [0.4, 0.5) is 0 Å². The summed E-state index contributed by atoms with van der Waals surface area (Å²) in [6.07, 6.45) is 0.744. The van der Waals surface area contributed by atoms with Crippen molar-refractivity contribution in [3.8, 4) is 0 Å². The fraction of sp³-hybridized carbons (Fsp3) is 0.364. The van der Waals surface area contributed by atoms with E-state index >= 15 is 0 Å². The fourth-order valence-electron chi connectivity index (χ4n) is 1.28. The molecule has 0 fully saturated rings. The first-order chi connectivity index (χ1) is 8.66. The summed E-state index contributed by atoms with van der Waals surface area (Å²) in [5, 5.41) is 2.45. The summed E-state index contributed by atoms with van der Waals surface area (Å²) < 4.78 is 22.7. The van der Waals surface area contributed by atoms with Gasteiger partial charge in [-0.25, -0.2) is 8.42 Å². The van der Waals surface area contributed by atoms with Gasteiger partial charge in [0, 0.05) is 22.3 Å². The largest absolute Gasteiger partial charge is 0.350 e. The minimum Gasteiger partial charge on any atom is -0.350 e. The van der Waals surface area contributed by atoms with Crippen molar-refractivity contribution >= 4 is 48.8 Å². The van der Waals surface area contributed by atoms with Gasteiger partial charge in [0.2, 0.25) is 0 Å². The summed E-state index contributed by atoms with van der Waals surface area (Å²) in [6, 6.07) is 2.36. The van der Waals surface area contributed by atoms with E-state index in [1.807, 2.05) is 13.8 Å². The lowest BCUT2D eigenvalue weighted by Crippen LogP contribution is -2.32. The van der Waals surface area contributed by atoms with Crippen molar-refractivity contribution in [1.82, 2.24) is 5.32 Å². The highest BCUT2D eigenvalue weighted by Gasteiger charge is 2.21. The first-order valence-corrected chi connectivity index (χ1v) is 8.48. The first kappa shape index (κ1) is 16.6. The Balaban J connectivity index is 3.25. The van der Waals surface area contributed by atoms with Crippen LogP contribution in [0.25, 0.3) is 0 Å². The number of nitrogens with one attached hydrogen (secondary N) is 1. The molecule has 1 aromatic rings. The van der Waals surface area contributed by atoms with Crippen molar-refractivity contribution in [3.63, 3.8) is 0 Å². The van der Waals surface area contributed by atoms with E-state index in [0.717, 1.165) is 12.5 Å². The number of carbonyl (C=O) groups is 1. The zero-order valence-electron chi connectivity index (χ0n) is 10.2. The Kier molecular flexibility index (Phi) is 5.50. The number of hydrogen-bond donors (Lipinski definition) is 1. The Labute approximate surface area is 126 Å². The third-order valence-electron chi connectivity index (χ3n) is 2.51. The molecule has 0 saturated carbocycles. The van der Waals surface area contributed by atoms with E-state index in [9.17, 15) is 13.2 Å². The molecule has 0 radical (unpaired) electrons. The third kappa shape index (κ3) is 4.24. The number of hydrogen-bond acceptors (Lipinski definition) is 3. The summed E-state index contributed by atoms with van der Waals surface area (Å²) in [6.45, 7) is 3.74. The molecule has 19 heavy (non-hydrogen) atoms. The van der Waals surface area contributed by atoms with Crippen LogP contribution in [0.5, 0.6) is 0 Å². The highest BCUT2D eigenvalue weighted by molar-refractivity contribution is 8.13. The van der Waals surface area contributed by atoms with Crippen molar-refractivity contribution in [2.75, 3.05) is 0 Å². The molecule has 1 aromatic carbocycles. The summed E-state index contributed by atoms with van der Waals surface area (Å²) >= 11 is 11.6. The van der Waals surface area contributed by atoms with E-state index in [2.05, 4.69) is 5.32 Å². The molecule has 0 aromatic heterocycles. The van der Waals surface area contributed by atoms with E-state index < -0.39 is 15.0 Å². The zero-order valence-corrected chi connectivity index (χ0v) is 13.3. The molecule has 1 N–H and O–H groups in total. The fourth-order valence-corrected chi connectivity index (χ4v) is 3.05. The molecule has 8 heteroatoms. The second kappa shape index (κ2) is 6.31. The van der Waals surface area contributed by atoms with Gasteiger partial charge in [0.25, 0.3) is 15.0 Å². The molecule has 1 rings (SSSR count). The minimum atomic E-state index is -4.07. The van der Waals surface area contributed by atoms with Crippen LogP contribution in [0.1, 0.15) is 30.6 Å². The zero-order chi connectivity index (χ0) is 14.8. The Bertz CT molecular complexity index is 601. The van der Waals surface area contributed by atoms with Crippen molar-refractivity contribution in [2.24, 2.45) is 0 Å². The number of carbonyl (C=O) groups excluding carboxylic acids is 1. The van der Waals surface area contributed by atoms with Crippen LogP contribution in [-0.4, -0.2) is 20.4 Å². The molecule has 0 aliphatic carbocycles. The summed E-state index contributed by atoms with van der Waals surface area (Å²) in [5.74, 6) is -0.436. The highest BCUT2D eigenvalue weighted by atomic mass is 35.7. The third-order valence-corrected chi connectivity index (χ3v) is 4.77. The van der Waals surface area contributed by atoms with Crippen molar-refractivity contribution < 1.29 is 13.2 Å². The molecule has 4 nitrogen and oxygen atoms in total. The average molecular weight is 345 g/mol. The predicted octanol–water partition coefficient (Wildman–Crippen LogP) is 3.45. The van der Waals surface area contributed by atoms with Crippen molar-refractivity contribution in [2.45, 2.75) is 31.2 Å². The van der Waals surface area contributed by atoms with Crippen LogP contribution >= 0.6 is 33.9 Å². The van der Waals surface area contributed by atoms with Gasteiger partial charge in [-0.15, -0.1) is 0 Å². The normalized spacial score (nSPS) is 13.1. The maximum atomic E-state index is 11.9. The lowest BCUT2D eigenvalue weighted by Gasteiger charge is -2.12. The molecule has 0 aliphatic rings. The Hall–Kier alpha value is -0.490. The summed E-state index contributed by atoms with van der Waals surface area (Å²) in [4.78, 5) is 11.5. The maximum absolute atomic E-state index is 11.9. The van der Waals surface area contributed by atoms with Crippen molar-refractivity contribution in [3.05, 3.63) is 27.7 Å². The lowest BCUT2D eigenvalue weighted by atomic mass is 10.2. The Morgan fingerprint density at radius 1 is 1.37 bits per heavy atom. The average Bonchev–Trinajstić information content (AvgIpc) is 2.30. The van der Waals surface area contributed by atoms with E-state index in [4.69, 9.17) is 33.9 Å². The van der Waals surface area contributed by atoms with Gasteiger partial charge in [-0.1, -0.05) is 30.1 Å². The summed E-state index contributed by atoms with van der Waals surface area (Å²) in [7, 11) is 1.17. The number of amides is 1. The van der Waals surface area contributed by atoms with Crippen LogP contribution in [0.15, 0.2) is 17.0 Å². The smallest absolute Gasteiger partial charge is 0.262 e. The second-order valence-corrected chi connectivity index (χ2v) is 7.31. The molecular formula is C11H12Cl3NO3S. The topological polar surface area (TPSA) is 63.2 Å². The van der Waals surface area contributed by atoms with E-state index in [-0.39, 0.29) is 26.5 Å². The first-order valence-electron chi connectivity index (χ1n) is 5.41. The molecule has 0 aliphatic heterocycles. The van der Waals surface area contributed by atoms with Gasteiger partial charge in [-0.3, -0.25) is 4.79 Å². The molecule has 0 saturated heterocycles. The van der Waals surface area contributed by atoms with Gasteiger partial charge in [-0.2, -0.15) is 0 Å². The van der Waals surface area contributed by atoms with Crippen LogP contribution in [0.2, 0.25) is 10.0 Å². The van der Waals surface area contributed by atoms with Gasteiger partial charge in [0.05, 0.1) is 10.0 Å². The number of halogens is 3. The molecule has 1 amide bonds. The monoisotopic (exact) mass is 343 g/mol. The second-order valence-electron chi connectivity index (χ2n) is 3.99. The van der Waals surface area contributed by atoms with E-state index in [1.165, 1.54) is 6.07 Å². The molecule has 106 valence electrons. The van der Waals surface area contributed by atoms with Gasteiger partial charge >= 0.3 is 0 Å². The Morgan fingerprint density at radius 3 is 2.42 bits per heavy atom. The molecular weight excluding hydrogens is 333 g/mol.